The van der Waals surface area contributed by atoms with Crippen molar-refractivity contribution in [3.05, 3.63) is 52.5 Å². The van der Waals surface area contributed by atoms with Gasteiger partial charge in [0.05, 0.1) is 18.3 Å². The normalized spacial score (nSPS) is 17.1. The molecule has 1 amide bonds. The van der Waals surface area contributed by atoms with Crippen LogP contribution in [0.5, 0.6) is 0 Å². The highest BCUT2D eigenvalue weighted by Gasteiger charge is 2.34. The van der Waals surface area contributed by atoms with Crippen molar-refractivity contribution in [3.8, 4) is 0 Å². The Morgan fingerprint density at radius 1 is 1.30 bits per heavy atom. The smallest absolute Gasteiger partial charge is 0.340 e. The van der Waals surface area contributed by atoms with E-state index in [-0.39, 0.29) is 22.9 Å². The summed E-state index contributed by atoms with van der Waals surface area (Å²) >= 11 is 0. The molecule has 0 bridgehead atoms. The number of likely N-dealkylation sites (N-methyl/N-ethyl adjacent to an activating group) is 1. The molecule has 0 spiro atoms. The van der Waals surface area contributed by atoms with Gasteiger partial charge in [-0.25, -0.2) is 9.18 Å². The predicted molar refractivity (Wildman–Crippen MR) is 71.9 cm³/mol. The number of rotatable bonds is 2. The van der Waals surface area contributed by atoms with Crippen molar-refractivity contribution in [1.82, 2.24) is 4.90 Å². The van der Waals surface area contributed by atoms with Crippen LogP contribution >= 0.6 is 0 Å². The van der Waals surface area contributed by atoms with Crippen molar-refractivity contribution in [2.24, 2.45) is 0 Å². The van der Waals surface area contributed by atoms with Gasteiger partial charge in [-0.05, 0) is 30.7 Å². The molecule has 5 heteroatoms. The Morgan fingerprint density at radius 3 is 2.45 bits per heavy atom. The fraction of sp³-hybridized carbons (Fsp3) is 0.200. The molecule has 0 saturated carbocycles. The average molecular weight is 275 g/mol. The SMILES string of the molecule is COC(=O)C1=C(C)N(C)C(=O)/C1=C/c1ccc(F)cc1. The van der Waals surface area contributed by atoms with Gasteiger partial charge in [-0.2, -0.15) is 0 Å². The number of ether oxygens (including phenoxy) is 1. The minimum Gasteiger partial charge on any atom is -0.465 e. The van der Waals surface area contributed by atoms with Gasteiger partial charge in [0, 0.05) is 12.7 Å². The molecule has 0 fully saturated rings. The van der Waals surface area contributed by atoms with Crippen LogP contribution in [0, 0.1) is 5.82 Å². The Bertz CT molecular complexity index is 629. The Balaban J connectivity index is 2.50. The molecule has 0 unspecified atom stereocenters. The Kier molecular flexibility index (Phi) is 3.70. The van der Waals surface area contributed by atoms with Gasteiger partial charge < -0.3 is 9.64 Å². The van der Waals surface area contributed by atoms with Crippen molar-refractivity contribution in [1.29, 1.82) is 0 Å². The maximum Gasteiger partial charge on any atom is 0.340 e. The van der Waals surface area contributed by atoms with Crippen molar-refractivity contribution in [2.75, 3.05) is 14.2 Å². The number of allylic oxidation sites excluding steroid dienone is 1. The number of carbonyl (C=O) groups is 2. The number of halogens is 1. The van der Waals surface area contributed by atoms with Gasteiger partial charge in [0.1, 0.15) is 5.82 Å². The molecule has 0 aliphatic carbocycles. The summed E-state index contributed by atoms with van der Waals surface area (Å²) in [5.41, 5.74) is 1.67. The van der Waals surface area contributed by atoms with E-state index in [2.05, 4.69) is 0 Å². The maximum atomic E-state index is 12.9. The zero-order valence-corrected chi connectivity index (χ0v) is 11.4. The molecule has 0 atom stereocenters. The lowest BCUT2D eigenvalue weighted by molar-refractivity contribution is -0.136. The molecule has 0 saturated heterocycles. The van der Waals surface area contributed by atoms with Crippen LogP contribution in [-0.4, -0.2) is 30.9 Å². The van der Waals surface area contributed by atoms with Crippen LogP contribution in [0.25, 0.3) is 6.08 Å². The number of hydrogen-bond donors (Lipinski definition) is 0. The number of nitrogens with zero attached hydrogens (tertiary/aromatic N) is 1. The minimum atomic E-state index is -0.562. The number of benzene rings is 1. The van der Waals surface area contributed by atoms with E-state index in [9.17, 15) is 14.0 Å². The van der Waals surface area contributed by atoms with Gasteiger partial charge >= 0.3 is 5.97 Å². The van der Waals surface area contributed by atoms with Gasteiger partial charge in [0.15, 0.2) is 0 Å². The highest BCUT2D eigenvalue weighted by molar-refractivity contribution is 6.16. The van der Waals surface area contributed by atoms with Crippen LogP contribution in [0.15, 0.2) is 41.1 Å². The first-order chi connectivity index (χ1) is 9.45. The fourth-order valence-corrected chi connectivity index (χ4v) is 2.02. The second-order valence-electron chi connectivity index (χ2n) is 4.43. The highest BCUT2D eigenvalue weighted by Crippen LogP contribution is 2.30. The van der Waals surface area contributed by atoms with E-state index in [1.165, 1.54) is 36.3 Å². The third kappa shape index (κ3) is 2.34. The molecule has 4 nitrogen and oxygen atoms in total. The summed E-state index contributed by atoms with van der Waals surface area (Å²) in [4.78, 5) is 25.4. The molecule has 104 valence electrons. The topological polar surface area (TPSA) is 46.6 Å². The minimum absolute atomic E-state index is 0.240. The van der Waals surface area contributed by atoms with Crippen LogP contribution in [0.3, 0.4) is 0 Å². The first-order valence-corrected chi connectivity index (χ1v) is 6.00. The quantitative estimate of drug-likeness (QED) is 0.613. The molecule has 1 aliphatic heterocycles. The third-order valence-corrected chi connectivity index (χ3v) is 3.24. The lowest BCUT2D eigenvalue weighted by Gasteiger charge is -2.08. The summed E-state index contributed by atoms with van der Waals surface area (Å²) in [6, 6.07) is 5.67. The van der Waals surface area contributed by atoms with Gasteiger partial charge in [-0.3, -0.25) is 4.79 Å². The zero-order valence-electron chi connectivity index (χ0n) is 11.4. The summed E-state index contributed by atoms with van der Waals surface area (Å²) in [6.07, 6.45) is 1.56. The van der Waals surface area contributed by atoms with Crippen LogP contribution in [0.1, 0.15) is 12.5 Å². The molecule has 0 radical (unpaired) electrons. The van der Waals surface area contributed by atoms with Crippen LogP contribution in [0.2, 0.25) is 0 Å². The zero-order chi connectivity index (χ0) is 14.9. The lowest BCUT2D eigenvalue weighted by Crippen LogP contribution is -2.19. The molecule has 1 aliphatic rings. The standard InChI is InChI=1S/C15H14FNO3/c1-9-13(15(19)20-3)12(14(18)17(9)2)8-10-4-6-11(16)7-5-10/h4-8H,1-3H3/b12-8+. The second kappa shape index (κ2) is 5.28. The van der Waals surface area contributed by atoms with Crippen molar-refractivity contribution >= 4 is 18.0 Å². The Labute approximate surface area is 116 Å². The first kappa shape index (κ1) is 14.0. The molecule has 1 heterocycles. The largest absolute Gasteiger partial charge is 0.465 e. The maximum absolute atomic E-state index is 12.9. The molecule has 0 aromatic heterocycles. The lowest BCUT2D eigenvalue weighted by atomic mass is 10.0. The number of methoxy groups -OCH3 is 1. The number of esters is 1. The van der Waals surface area contributed by atoms with Crippen molar-refractivity contribution in [2.45, 2.75) is 6.92 Å². The molecular weight excluding hydrogens is 261 g/mol. The van der Waals surface area contributed by atoms with E-state index in [0.717, 1.165) is 0 Å². The van der Waals surface area contributed by atoms with E-state index in [4.69, 9.17) is 4.74 Å². The van der Waals surface area contributed by atoms with Gasteiger partial charge in [-0.1, -0.05) is 12.1 Å². The number of amides is 1. The monoisotopic (exact) mass is 275 g/mol. The third-order valence-electron chi connectivity index (χ3n) is 3.24. The van der Waals surface area contributed by atoms with E-state index in [1.807, 2.05) is 0 Å². The molecule has 20 heavy (non-hydrogen) atoms. The summed E-state index contributed by atoms with van der Waals surface area (Å²) in [5, 5.41) is 0. The average Bonchev–Trinajstić information content (AvgIpc) is 2.65. The summed E-state index contributed by atoms with van der Waals surface area (Å²) in [6.45, 7) is 1.68. The molecule has 1 aromatic rings. The summed E-state index contributed by atoms with van der Waals surface area (Å²) in [7, 11) is 2.85. The molecular formula is C15H14FNO3. The fourth-order valence-electron chi connectivity index (χ4n) is 2.02. The highest BCUT2D eigenvalue weighted by atomic mass is 19.1. The number of carbonyl (C=O) groups excluding carboxylic acids is 2. The van der Waals surface area contributed by atoms with Crippen LogP contribution < -0.4 is 0 Å². The van der Waals surface area contributed by atoms with Crippen LogP contribution in [-0.2, 0) is 14.3 Å². The van der Waals surface area contributed by atoms with Gasteiger partial charge in [0.25, 0.3) is 5.91 Å². The van der Waals surface area contributed by atoms with E-state index < -0.39 is 5.97 Å². The van der Waals surface area contributed by atoms with E-state index in [1.54, 1.807) is 20.0 Å². The van der Waals surface area contributed by atoms with Gasteiger partial charge in [0.2, 0.25) is 0 Å². The van der Waals surface area contributed by atoms with Gasteiger partial charge in [-0.15, -0.1) is 0 Å². The van der Waals surface area contributed by atoms with Crippen LogP contribution in [0.4, 0.5) is 4.39 Å². The number of hydrogen-bond acceptors (Lipinski definition) is 3. The predicted octanol–water partition coefficient (Wildman–Crippen LogP) is 2.13. The Morgan fingerprint density at radius 2 is 1.90 bits per heavy atom. The molecule has 2 rings (SSSR count). The van der Waals surface area contributed by atoms with E-state index >= 15 is 0 Å². The first-order valence-electron chi connectivity index (χ1n) is 6.00. The summed E-state index contributed by atoms with van der Waals surface area (Å²) < 4.78 is 17.6. The van der Waals surface area contributed by atoms with E-state index in [0.29, 0.717) is 11.3 Å². The van der Waals surface area contributed by atoms with Crippen molar-refractivity contribution in [3.63, 3.8) is 0 Å². The molecule has 1 aromatic carbocycles. The molecule has 0 N–H and O–H groups in total. The summed E-state index contributed by atoms with van der Waals surface area (Å²) in [5.74, 6) is -1.21. The van der Waals surface area contributed by atoms with Crippen molar-refractivity contribution < 1.29 is 18.7 Å². The Hall–Kier alpha value is -2.43. The second-order valence-corrected chi connectivity index (χ2v) is 4.43.